The topological polar surface area (TPSA) is 32.8 Å². The van der Waals surface area contributed by atoms with E-state index in [0.29, 0.717) is 18.7 Å². The van der Waals surface area contributed by atoms with Gasteiger partial charge in [-0.1, -0.05) is 19.4 Å². The summed E-state index contributed by atoms with van der Waals surface area (Å²) in [6.45, 7) is 3.87. The maximum Gasteiger partial charge on any atom is 0.260 e. The SMILES string of the molecule is CCC[C@H]1CC=CC(=O)N1N1CCC[C@H]1COC. The maximum absolute atomic E-state index is 12.2. The lowest BCUT2D eigenvalue weighted by Gasteiger charge is -2.42. The normalized spacial score (nSPS) is 29.2. The Bertz CT molecular complexity index is 317. The monoisotopic (exact) mass is 252 g/mol. The standard InChI is InChI=1S/C14H24N2O2/c1-3-6-12-7-4-9-14(17)16(12)15-10-5-8-13(15)11-18-2/h4,9,12-13H,3,5-8,10-11H2,1-2H3/t12-,13-/m0/s1. The lowest BCUT2D eigenvalue weighted by Crippen LogP contribution is -2.55. The van der Waals surface area contributed by atoms with Gasteiger partial charge in [-0.25, -0.2) is 5.01 Å². The van der Waals surface area contributed by atoms with Crippen molar-refractivity contribution in [2.24, 2.45) is 0 Å². The smallest absolute Gasteiger partial charge is 0.260 e. The third-order valence-electron chi connectivity index (χ3n) is 3.84. The van der Waals surface area contributed by atoms with Crippen LogP contribution in [-0.2, 0) is 9.53 Å². The van der Waals surface area contributed by atoms with Crippen molar-refractivity contribution in [3.8, 4) is 0 Å². The van der Waals surface area contributed by atoms with E-state index < -0.39 is 0 Å². The molecule has 0 radical (unpaired) electrons. The minimum Gasteiger partial charge on any atom is -0.383 e. The molecule has 2 aliphatic rings. The number of methoxy groups -OCH3 is 1. The van der Waals surface area contributed by atoms with Crippen LogP contribution in [0.1, 0.15) is 39.0 Å². The van der Waals surface area contributed by atoms with Crippen molar-refractivity contribution in [2.45, 2.75) is 51.1 Å². The lowest BCUT2D eigenvalue weighted by atomic mass is 10.0. The molecule has 4 nitrogen and oxygen atoms in total. The number of carbonyl (C=O) groups excluding carboxylic acids is 1. The summed E-state index contributed by atoms with van der Waals surface area (Å²) in [5.74, 6) is 0.141. The zero-order valence-corrected chi connectivity index (χ0v) is 11.5. The minimum atomic E-state index is 0.141. The predicted octanol–water partition coefficient (Wildman–Crippen LogP) is 1.97. The number of ether oxygens (including phenoxy) is 1. The molecule has 18 heavy (non-hydrogen) atoms. The van der Waals surface area contributed by atoms with Crippen LogP contribution in [0, 0.1) is 0 Å². The summed E-state index contributed by atoms with van der Waals surface area (Å²) in [6.07, 6.45) is 9.18. The van der Waals surface area contributed by atoms with Crippen LogP contribution in [0.15, 0.2) is 12.2 Å². The molecule has 102 valence electrons. The number of carbonyl (C=O) groups is 1. The molecule has 1 amide bonds. The molecule has 0 aliphatic carbocycles. The Morgan fingerprint density at radius 3 is 3.00 bits per heavy atom. The quantitative estimate of drug-likeness (QED) is 0.750. The molecule has 0 unspecified atom stereocenters. The first-order chi connectivity index (χ1) is 8.77. The molecule has 2 atom stereocenters. The Labute approximate surface area is 110 Å². The van der Waals surface area contributed by atoms with Gasteiger partial charge in [0.25, 0.3) is 5.91 Å². The summed E-state index contributed by atoms with van der Waals surface area (Å²) in [5, 5.41) is 4.25. The Morgan fingerprint density at radius 1 is 1.44 bits per heavy atom. The van der Waals surface area contributed by atoms with Crippen LogP contribution in [0.25, 0.3) is 0 Å². The number of nitrogens with zero attached hydrogens (tertiary/aromatic N) is 2. The summed E-state index contributed by atoms with van der Waals surface area (Å²) in [5.41, 5.74) is 0. The minimum absolute atomic E-state index is 0.141. The summed E-state index contributed by atoms with van der Waals surface area (Å²) in [4.78, 5) is 12.2. The van der Waals surface area contributed by atoms with Gasteiger partial charge in [0.1, 0.15) is 0 Å². The van der Waals surface area contributed by atoms with Crippen molar-refractivity contribution in [3.63, 3.8) is 0 Å². The van der Waals surface area contributed by atoms with Gasteiger partial charge in [-0.3, -0.25) is 9.80 Å². The van der Waals surface area contributed by atoms with Crippen molar-refractivity contribution in [2.75, 3.05) is 20.3 Å². The molecule has 2 heterocycles. The average molecular weight is 252 g/mol. The average Bonchev–Trinajstić information content (AvgIpc) is 2.78. The van der Waals surface area contributed by atoms with Crippen LogP contribution < -0.4 is 0 Å². The highest BCUT2D eigenvalue weighted by molar-refractivity contribution is 5.88. The number of hydrazine groups is 1. The number of hydrogen-bond donors (Lipinski definition) is 0. The molecular weight excluding hydrogens is 228 g/mol. The van der Waals surface area contributed by atoms with Gasteiger partial charge in [-0.2, -0.15) is 0 Å². The highest BCUT2D eigenvalue weighted by Crippen LogP contribution is 2.26. The molecule has 0 spiro atoms. The fourth-order valence-corrected chi connectivity index (χ4v) is 3.06. The van der Waals surface area contributed by atoms with Crippen LogP contribution in [0.5, 0.6) is 0 Å². The van der Waals surface area contributed by atoms with Gasteiger partial charge in [0.15, 0.2) is 0 Å². The Morgan fingerprint density at radius 2 is 2.28 bits per heavy atom. The van der Waals surface area contributed by atoms with Crippen molar-refractivity contribution in [3.05, 3.63) is 12.2 Å². The van der Waals surface area contributed by atoms with Crippen LogP contribution in [0.2, 0.25) is 0 Å². The molecule has 4 heteroatoms. The van der Waals surface area contributed by atoms with Crippen LogP contribution in [0.3, 0.4) is 0 Å². The van der Waals surface area contributed by atoms with Gasteiger partial charge in [-0.15, -0.1) is 0 Å². The maximum atomic E-state index is 12.2. The van der Waals surface area contributed by atoms with E-state index in [0.717, 1.165) is 38.6 Å². The van der Waals surface area contributed by atoms with E-state index in [1.807, 2.05) is 11.1 Å². The van der Waals surface area contributed by atoms with E-state index in [-0.39, 0.29) is 5.91 Å². The molecule has 2 rings (SSSR count). The third kappa shape index (κ3) is 2.75. The predicted molar refractivity (Wildman–Crippen MR) is 70.9 cm³/mol. The first-order valence-electron chi connectivity index (χ1n) is 7.03. The van der Waals surface area contributed by atoms with Gasteiger partial charge in [0, 0.05) is 19.7 Å². The number of rotatable bonds is 5. The van der Waals surface area contributed by atoms with Crippen LogP contribution in [0.4, 0.5) is 0 Å². The van der Waals surface area contributed by atoms with Crippen LogP contribution >= 0.6 is 0 Å². The molecule has 0 N–H and O–H groups in total. The number of amides is 1. The molecule has 0 saturated carbocycles. The van der Waals surface area contributed by atoms with Crippen molar-refractivity contribution in [1.82, 2.24) is 10.0 Å². The van der Waals surface area contributed by atoms with Crippen LogP contribution in [-0.4, -0.2) is 48.3 Å². The van der Waals surface area contributed by atoms with E-state index >= 15 is 0 Å². The summed E-state index contributed by atoms with van der Waals surface area (Å²) >= 11 is 0. The van der Waals surface area contributed by atoms with Crippen molar-refractivity contribution >= 4 is 5.91 Å². The van der Waals surface area contributed by atoms with E-state index in [1.165, 1.54) is 0 Å². The number of hydrogen-bond acceptors (Lipinski definition) is 3. The molecule has 2 aliphatic heterocycles. The second kappa shape index (κ2) is 6.34. The summed E-state index contributed by atoms with van der Waals surface area (Å²) in [6, 6.07) is 0.703. The highest BCUT2D eigenvalue weighted by Gasteiger charge is 2.36. The molecule has 1 saturated heterocycles. The lowest BCUT2D eigenvalue weighted by molar-refractivity contribution is -0.155. The highest BCUT2D eigenvalue weighted by atomic mass is 16.5. The van der Waals surface area contributed by atoms with Gasteiger partial charge in [0.05, 0.1) is 18.7 Å². The van der Waals surface area contributed by atoms with E-state index in [1.54, 1.807) is 13.2 Å². The Kier molecular flexibility index (Phi) is 4.78. The van der Waals surface area contributed by atoms with E-state index in [4.69, 9.17) is 4.74 Å². The first kappa shape index (κ1) is 13.6. The fourth-order valence-electron chi connectivity index (χ4n) is 3.06. The van der Waals surface area contributed by atoms with Gasteiger partial charge in [-0.05, 0) is 25.7 Å². The second-order valence-corrected chi connectivity index (χ2v) is 5.18. The van der Waals surface area contributed by atoms with Crippen molar-refractivity contribution in [1.29, 1.82) is 0 Å². The molecular formula is C14H24N2O2. The zero-order valence-electron chi connectivity index (χ0n) is 11.5. The zero-order chi connectivity index (χ0) is 13.0. The molecule has 0 aromatic rings. The van der Waals surface area contributed by atoms with Gasteiger partial charge < -0.3 is 4.74 Å². The molecule has 0 bridgehead atoms. The van der Waals surface area contributed by atoms with E-state index in [2.05, 4.69) is 11.9 Å². The molecule has 1 fully saturated rings. The summed E-state index contributed by atoms with van der Waals surface area (Å²) < 4.78 is 5.28. The Balaban J connectivity index is 2.11. The third-order valence-corrected chi connectivity index (χ3v) is 3.84. The molecule has 0 aromatic carbocycles. The first-order valence-corrected chi connectivity index (χ1v) is 7.03. The Hall–Kier alpha value is -0.870. The van der Waals surface area contributed by atoms with Gasteiger partial charge in [0.2, 0.25) is 0 Å². The fraction of sp³-hybridized carbons (Fsp3) is 0.786. The largest absolute Gasteiger partial charge is 0.383 e. The second-order valence-electron chi connectivity index (χ2n) is 5.18. The van der Waals surface area contributed by atoms with Crippen molar-refractivity contribution < 1.29 is 9.53 Å². The molecule has 0 aromatic heterocycles. The van der Waals surface area contributed by atoms with Gasteiger partial charge >= 0.3 is 0 Å². The van der Waals surface area contributed by atoms with E-state index in [9.17, 15) is 4.79 Å². The summed E-state index contributed by atoms with van der Waals surface area (Å²) in [7, 11) is 1.73.